The van der Waals surface area contributed by atoms with Crippen LogP contribution in [0, 0.1) is 5.41 Å². The SMILES string of the molecule is CCC1(CNC(=O)C2CCc3ccccc3N2)CCCC1. The summed E-state index contributed by atoms with van der Waals surface area (Å²) in [6.07, 6.45) is 8.23. The van der Waals surface area contributed by atoms with E-state index in [1.807, 2.05) is 6.07 Å². The van der Waals surface area contributed by atoms with E-state index in [-0.39, 0.29) is 11.9 Å². The van der Waals surface area contributed by atoms with Gasteiger partial charge in [0.15, 0.2) is 0 Å². The van der Waals surface area contributed by atoms with Crippen molar-refractivity contribution >= 4 is 11.6 Å². The Kier molecular flexibility index (Phi) is 4.18. The standard InChI is InChI=1S/C18H26N2O/c1-2-18(11-5-6-12-18)13-19-17(21)16-10-9-14-7-3-4-8-15(14)20-16/h3-4,7-8,16,20H,2,5-6,9-13H2,1H3,(H,19,21). The minimum atomic E-state index is -0.0739. The second-order valence-corrected chi connectivity index (χ2v) is 6.67. The Morgan fingerprint density at radius 3 is 2.86 bits per heavy atom. The van der Waals surface area contributed by atoms with E-state index in [0.29, 0.717) is 5.41 Å². The predicted octanol–water partition coefficient (Wildman–Crippen LogP) is 3.50. The molecular formula is C18H26N2O. The number of anilines is 1. The summed E-state index contributed by atoms with van der Waals surface area (Å²) in [5.74, 6) is 0.171. The molecule has 1 unspecified atom stereocenters. The summed E-state index contributed by atoms with van der Waals surface area (Å²) in [6, 6.07) is 8.22. The Morgan fingerprint density at radius 1 is 1.33 bits per heavy atom. The highest BCUT2D eigenvalue weighted by Crippen LogP contribution is 2.40. The second kappa shape index (κ2) is 6.08. The molecule has 3 nitrogen and oxygen atoms in total. The summed E-state index contributed by atoms with van der Waals surface area (Å²) in [5, 5.41) is 6.61. The zero-order chi connectivity index (χ0) is 14.7. The van der Waals surface area contributed by atoms with Crippen LogP contribution in [0.3, 0.4) is 0 Å². The van der Waals surface area contributed by atoms with Gasteiger partial charge in [-0.1, -0.05) is 38.0 Å². The molecule has 0 spiro atoms. The maximum Gasteiger partial charge on any atom is 0.242 e. The highest BCUT2D eigenvalue weighted by atomic mass is 16.2. The van der Waals surface area contributed by atoms with Gasteiger partial charge in [-0.3, -0.25) is 4.79 Å². The van der Waals surface area contributed by atoms with E-state index in [2.05, 4.69) is 35.8 Å². The molecule has 1 aliphatic heterocycles. The van der Waals surface area contributed by atoms with Gasteiger partial charge in [-0.2, -0.15) is 0 Å². The van der Waals surface area contributed by atoms with Crippen molar-refractivity contribution < 1.29 is 4.79 Å². The van der Waals surface area contributed by atoms with Crippen molar-refractivity contribution in [2.75, 3.05) is 11.9 Å². The van der Waals surface area contributed by atoms with Gasteiger partial charge in [0.1, 0.15) is 6.04 Å². The molecular weight excluding hydrogens is 260 g/mol. The van der Waals surface area contributed by atoms with Crippen LogP contribution in [0.2, 0.25) is 0 Å². The summed E-state index contributed by atoms with van der Waals surface area (Å²) in [5.41, 5.74) is 2.81. The van der Waals surface area contributed by atoms with Gasteiger partial charge in [-0.25, -0.2) is 0 Å². The largest absolute Gasteiger partial charge is 0.373 e. The number of amides is 1. The van der Waals surface area contributed by atoms with Crippen LogP contribution in [0.5, 0.6) is 0 Å². The average Bonchev–Trinajstić information content (AvgIpc) is 3.01. The van der Waals surface area contributed by atoms with Gasteiger partial charge < -0.3 is 10.6 Å². The maximum atomic E-state index is 12.4. The molecule has 2 aliphatic rings. The lowest BCUT2D eigenvalue weighted by Crippen LogP contribution is -2.45. The van der Waals surface area contributed by atoms with Crippen LogP contribution >= 0.6 is 0 Å². The first kappa shape index (κ1) is 14.4. The monoisotopic (exact) mass is 286 g/mol. The highest BCUT2D eigenvalue weighted by molar-refractivity contribution is 5.85. The number of fused-ring (bicyclic) bond motifs is 1. The Bertz CT molecular complexity index is 506. The maximum absolute atomic E-state index is 12.4. The third-order valence-electron chi connectivity index (χ3n) is 5.42. The molecule has 21 heavy (non-hydrogen) atoms. The molecule has 1 aliphatic carbocycles. The molecule has 2 N–H and O–H groups in total. The van der Waals surface area contributed by atoms with Crippen molar-refractivity contribution in [1.82, 2.24) is 5.32 Å². The summed E-state index contributed by atoms with van der Waals surface area (Å²) < 4.78 is 0. The van der Waals surface area contributed by atoms with E-state index >= 15 is 0 Å². The topological polar surface area (TPSA) is 41.1 Å². The Balaban J connectivity index is 1.57. The van der Waals surface area contributed by atoms with Crippen molar-refractivity contribution in [2.24, 2.45) is 5.41 Å². The van der Waals surface area contributed by atoms with E-state index in [9.17, 15) is 4.79 Å². The van der Waals surface area contributed by atoms with Crippen molar-refractivity contribution in [3.63, 3.8) is 0 Å². The van der Waals surface area contributed by atoms with Gasteiger partial charge in [-0.05, 0) is 49.1 Å². The molecule has 3 heteroatoms. The lowest BCUT2D eigenvalue weighted by molar-refractivity contribution is -0.122. The van der Waals surface area contributed by atoms with E-state index in [1.54, 1.807) is 0 Å². The lowest BCUT2D eigenvalue weighted by Gasteiger charge is -2.30. The number of aryl methyl sites for hydroxylation is 1. The summed E-state index contributed by atoms with van der Waals surface area (Å²) in [7, 11) is 0. The summed E-state index contributed by atoms with van der Waals surface area (Å²) >= 11 is 0. The Labute approximate surface area is 127 Å². The van der Waals surface area contributed by atoms with Crippen LogP contribution in [-0.4, -0.2) is 18.5 Å². The molecule has 1 aromatic rings. The fourth-order valence-electron chi connectivity index (χ4n) is 3.81. The highest BCUT2D eigenvalue weighted by Gasteiger charge is 2.33. The summed E-state index contributed by atoms with van der Waals surface area (Å²) in [6.45, 7) is 3.11. The normalized spacial score (nSPS) is 23.2. The van der Waals surface area contributed by atoms with Gasteiger partial charge in [-0.15, -0.1) is 0 Å². The fourth-order valence-corrected chi connectivity index (χ4v) is 3.81. The van der Waals surface area contributed by atoms with Crippen LogP contribution in [0.4, 0.5) is 5.69 Å². The number of benzene rings is 1. The van der Waals surface area contributed by atoms with E-state index in [1.165, 1.54) is 37.7 Å². The number of para-hydroxylation sites is 1. The number of carbonyl (C=O) groups is 1. The number of nitrogens with one attached hydrogen (secondary N) is 2. The van der Waals surface area contributed by atoms with Crippen LogP contribution < -0.4 is 10.6 Å². The smallest absolute Gasteiger partial charge is 0.242 e. The minimum absolute atomic E-state index is 0.0739. The molecule has 1 amide bonds. The average molecular weight is 286 g/mol. The molecule has 0 aromatic heterocycles. The van der Waals surface area contributed by atoms with Gasteiger partial charge >= 0.3 is 0 Å². The predicted molar refractivity (Wildman–Crippen MR) is 86.4 cm³/mol. The first-order valence-electron chi connectivity index (χ1n) is 8.35. The third-order valence-corrected chi connectivity index (χ3v) is 5.42. The van der Waals surface area contributed by atoms with Crippen LogP contribution in [0.1, 0.15) is 51.0 Å². The first-order chi connectivity index (χ1) is 10.2. The lowest BCUT2D eigenvalue weighted by atomic mass is 9.83. The van der Waals surface area contributed by atoms with Crippen LogP contribution in [-0.2, 0) is 11.2 Å². The summed E-state index contributed by atoms with van der Waals surface area (Å²) in [4.78, 5) is 12.4. The molecule has 0 radical (unpaired) electrons. The van der Waals surface area contributed by atoms with Crippen LogP contribution in [0.15, 0.2) is 24.3 Å². The Morgan fingerprint density at radius 2 is 2.10 bits per heavy atom. The fraction of sp³-hybridized carbons (Fsp3) is 0.611. The molecule has 1 aromatic carbocycles. The number of carbonyl (C=O) groups excluding carboxylic acids is 1. The molecule has 1 atom stereocenters. The van der Waals surface area contributed by atoms with Gasteiger partial charge in [0.25, 0.3) is 0 Å². The third kappa shape index (κ3) is 3.07. The van der Waals surface area contributed by atoms with Gasteiger partial charge in [0.2, 0.25) is 5.91 Å². The molecule has 1 saturated carbocycles. The molecule has 1 heterocycles. The number of hydrogen-bond acceptors (Lipinski definition) is 2. The molecule has 0 bridgehead atoms. The first-order valence-corrected chi connectivity index (χ1v) is 8.35. The zero-order valence-electron chi connectivity index (χ0n) is 13.0. The van der Waals surface area contributed by atoms with Crippen molar-refractivity contribution in [1.29, 1.82) is 0 Å². The van der Waals surface area contributed by atoms with Crippen LogP contribution in [0.25, 0.3) is 0 Å². The van der Waals surface area contributed by atoms with E-state index in [0.717, 1.165) is 25.1 Å². The molecule has 1 fully saturated rings. The van der Waals surface area contributed by atoms with Crippen molar-refractivity contribution in [3.8, 4) is 0 Å². The molecule has 3 rings (SSSR count). The number of hydrogen-bond donors (Lipinski definition) is 2. The van der Waals surface area contributed by atoms with Crippen molar-refractivity contribution in [3.05, 3.63) is 29.8 Å². The van der Waals surface area contributed by atoms with Crippen molar-refractivity contribution in [2.45, 2.75) is 57.9 Å². The quantitative estimate of drug-likeness (QED) is 0.889. The Hall–Kier alpha value is -1.51. The zero-order valence-corrected chi connectivity index (χ0v) is 13.0. The molecule has 114 valence electrons. The second-order valence-electron chi connectivity index (χ2n) is 6.67. The van der Waals surface area contributed by atoms with Gasteiger partial charge in [0, 0.05) is 12.2 Å². The molecule has 0 saturated heterocycles. The van der Waals surface area contributed by atoms with Gasteiger partial charge in [0.05, 0.1) is 0 Å². The van der Waals surface area contributed by atoms with E-state index in [4.69, 9.17) is 0 Å². The van der Waals surface area contributed by atoms with E-state index < -0.39 is 0 Å². The minimum Gasteiger partial charge on any atom is -0.373 e. The number of rotatable bonds is 4.